The van der Waals surface area contributed by atoms with Crippen molar-refractivity contribution in [3.05, 3.63) is 140 Å². The highest BCUT2D eigenvalue weighted by atomic mass is 32.2. The number of carbonyl (C=O) groups excluding carboxylic acids is 5. The Balaban J connectivity index is 0.771. The van der Waals surface area contributed by atoms with Crippen molar-refractivity contribution in [2.75, 3.05) is 56.3 Å². The van der Waals surface area contributed by atoms with Crippen LogP contribution in [0.5, 0.6) is 5.75 Å². The number of likely N-dealkylation sites (tertiary alicyclic amines) is 1. The lowest BCUT2D eigenvalue weighted by Crippen LogP contribution is -2.57. The summed E-state index contributed by atoms with van der Waals surface area (Å²) in [7, 11) is -0.355. The molecule has 5 amide bonds. The van der Waals surface area contributed by atoms with Crippen LogP contribution in [0.1, 0.15) is 139 Å². The molecule has 5 N–H and O–H groups in total. The number of carbonyl (C=O) groups is 5. The number of sulfonamides is 1. The molecule has 0 unspecified atom stereocenters. The number of anilines is 2. The Labute approximate surface area is 537 Å². The number of aromatic nitrogens is 3. The fourth-order valence-corrected chi connectivity index (χ4v) is 14.7. The highest BCUT2D eigenvalue weighted by molar-refractivity contribution is 7.90. The second-order valence-electron chi connectivity index (χ2n) is 24.1. The average Bonchev–Trinajstić information content (AvgIpc) is 1.48. The number of benzene rings is 4. The molecule has 1 fully saturated rings. The number of rotatable bonds is 25. The highest BCUT2D eigenvalue weighted by Crippen LogP contribution is 2.35. The lowest BCUT2D eigenvalue weighted by Gasteiger charge is -2.35. The normalized spacial score (nSPS) is 15.6. The molecule has 4 aromatic carbocycles. The third-order valence-corrected chi connectivity index (χ3v) is 20.1. The molecule has 4 atom stereocenters. The van der Waals surface area contributed by atoms with Gasteiger partial charge < -0.3 is 30.3 Å². The van der Waals surface area contributed by atoms with Crippen LogP contribution in [0.3, 0.4) is 0 Å². The van der Waals surface area contributed by atoms with E-state index in [0.29, 0.717) is 84.4 Å². The van der Waals surface area contributed by atoms with Gasteiger partial charge in [-0.05, 0) is 124 Å². The van der Waals surface area contributed by atoms with E-state index in [2.05, 4.69) is 42.5 Å². The van der Waals surface area contributed by atoms with Crippen LogP contribution in [0.4, 0.5) is 14.7 Å². The number of ether oxygens (including phenoxy) is 1. The molecule has 90 heavy (non-hydrogen) atoms. The molecular formula is C66H77FN10O9S4. The topological polar surface area (TPSA) is 245 Å². The number of fused-ring (bicyclic) bond motifs is 2. The molecule has 0 spiro atoms. The van der Waals surface area contributed by atoms with Gasteiger partial charge in [-0.15, -0.1) is 22.7 Å². The van der Waals surface area contributed by atoms with E-state index in [0.717, 1.165) is 43.0 Å². The SMILES string of the molecule is Cc1ncsc1-c1ccc([C@H](C)NC(=O)[C@@H]2C[C@@H](O)CN2C(=O)[C@@H](NC(=O)CCCCCCCS(=O)(=O)NC(=O)c2nc(N3CCc4cccc(C(=O)Nc5nc6ccccc6s5)c4C3)sc2CCCOc2ccc(C#CCN(C)C)cc2F)C(C)(C)C)cc1. The summed E-state index contributed by atoms with van der Waals surface area (Å²) in [5.41, 5.74) is 7.41. The molecule has 2 aliphatic rings. The molecule has 0 radical (unpaired) electrons. The highest BCUT2D eigenvalue weighted by Gasteiger charge is 2.45. The van der Waals surface area contributed by atoms with E-state index >= 15 is 4.39 Å². The number of hydrogen-bond donors (Lipinski definition) is 5. The number of amides is 5. The van der Waals surface area contributed by atoms with Crippen molar-refractivity contribution in [2.24, 2.45) is 5.41 Å². The van der Waals surface area contributed by atoms with Gasteiger partial charge in [0.15, 0.2) is 21.8 Å². The van der Waals surface area contributed by atoms with Crippen LogP contribution in [0.2, 0.25) is 0 Å². The minimum absolute atomic E-state index is 0.0477. The number of para-hydroxylation sites is 1. The predicted octanol–water partition coefficient (Wildman–Crippen LogP) is 9.83. The van der Waals surface area contributed by atoms with Gasteiger partial charge in [-0.2, -0.15) is 0 Å². The second kappa shape index (κ2) is 30.0. The number of unbranched alkanes of at least 4 members (excludes halogenated alkanes) is 4. The predicted molar refractivity (Wildman–Crippen MR) is 352 cm³/mol. The lowest BCUT2D eigenvalue weighted by molar-refractivity contribution is -0.144. The summed E-state index contributed by atoms with van der Waals surface area (Å²) < 4.78 is 51.3. The number of hydrogen-bond acceptors (Lipinski definition) is 17. The minimum Gasteiger partial charge on any atom is -0.491 e. The third-order valence-electron chi connectivity index (χ3n) is 15.7. The Bertz CT molecular complexity index is 3870. The minimum atomic E-state index is -4.14. The van der Waals surface area contributed by atoms with Gasteiger partial charge in [0.2, 0.25) is 27.7 Å². The van der Waals surface area contributed by atoms with Crippen molar-refractivity contribution in [3.8, 4) is 28.0 Å². The third kappa shape index (κ3) is 17.4. The number of nitrogens with zero attached hydrogens (tertiary/aromatic N) is 6. The smallest absolute Gasteiger partial charge is 0.284 e. The van der Waals surface area contributed by atoms with Crippen LogP contribution in [-0.4, -0.2) is 132 Å². The number of thiazole rings is 3. The average molecular weight is 1300 g/mol. The number of nitrogens with one attached hydrogen (secondary N) is 4. The van der Waals surface area contributed by atoms with E-state index in [-0.39, 0.29) is 73.9 Å². The molecular weight excluding hydrogens is 1220 g/mol. The molecule has 2 aliphatic heterocycles. The fourth-order valence-electron chi connectivity index (χ4n) is 10.9. The molecule has 0 saturated carbocycles. The van der Waals surface area contributed by atoms with Crippen molar-refractivity contribution in [1.29, 1.82) is 0 Å². The Kier molecular flexibility index (Phi) is 22.2. The quantitative estimate of drug-likeness (QED) is 0.0264. The zero-order valence-electron chi connectivity index (χ0n) is 51.7. The van der Waals surface area contributed by atoms with Gasteiger partial charge in [-0.25, -0.2) is 32.5 Å². The summed E-state index contributed by atoms with van der Waals surface area (Å²) in [6, 6.07) is 23.3. The number of aryl methyl sites for hydroxylation is 2. The summed E-state index contributed by atoms with van der Waals surface area (Å²) >= 11 is 4.19. The van der Waals surface area contributed by atoms with Crippen LogP contribution in [0.15, 0.2) is 90.4 Å². The Morgan fingerprint density at radius 2 is 1.68 bits per heavy atom. The first-order valence-electron chi connectivity index (χ1n) is 30.2. The van der Waals surface area contributed by atoms with Crippen molar-refractivity contribution < 1.29 is 46.6 Å². The van der Waals surface area contributed by atoms with Crippen molar-refractivity contribution >= 4 is 94.0 Å². The van der Waals surface area contributed by atoms with Gasteiger partial charge in [-0.3, -0.25) is 34.2 Å². The molecule has 7 aromatic rings. The van der Waals surface area contributed by atoms with Crippen LogP contribution in [-0.2, 0) is 43.8 Å². The summed E-state index contributed by atoms with van der Waals surface area (Å²) in [5.74, 6) is 2.67. The summed E-state index contributed by atoms with van der Waals surface area (Å²) in [4.78, 5) is 89.9. The first-order valence-corrected chi connectivity index (χ1v) is 34.4. The Hall–Kier alpha value is -7.66. The van der Waals surface area contributed by atoms with Crippen molar-refractivity contribution in [2.45, 2.75) is 130 Å². The molecule has 24 heteroatoms. The molecule has 476 valence electrons. The van der Waals surface area contributed by atoms with Crippen LogP contribution in [0, 0.1) is 30.0 Å². The van der Waals surface area contributed by atoms with E-state index < -0.39 is 57.2 Å². The lowest BCUT2D eigenvalue weighted by atomic mass is 9.85. The number of halogens is 1. The van der Waals surface area contributed by atoms with Crippen molar-refractivity contribution in [3.63, 3.8) is 0 Å². The zero-order valence-corrected chi connectivity index (χ0v) is 55.0. The van der Waals surface area contributed by atoms with E-state index in [4.69, 9.17) is 9.72 Å². The summed E-state index contributed by atoms with van der Waals surface area (Å²) in [6.07, 6.45) is 2.80. The molecule has 0 aliphatic carbocycles. The molecule has 9 rings (SSSR count). The number of aliphatic hydroxyl groups excluding tert-OH is 1. The van der Waals surface area contributed by atoms with Crippen LogP contribution >= 0.6 is 34.0 Å². The molecule has 19 nitrogen and oxygen atoms in total. The molecule has 1 saturated heterocycles. The van der Waals surface area contributed by atoms with E-state index in [1.54, 1.807) is 29.0 Å². The van der Waals surface area contributed by atoms with Gasteiger partial charge in [0.05, 0.1) is 57.3 Å². The van der Waals surface area contributed by atoms with E-state index in [9.17, 15) is 37.5 Å². The van der Waals surface area contributed by atoms with Gasteiger partial charge in [0.1, 0.15) is 17.8 Å². The van der Waals surface area contributed by atoms with Gasteiger partial charge in [0.25, 0.3) is 11.8 Å². The first-order chi connectivity index (χ1) is 43.0. The van der Waals surface area contributed by atoms with E-state index in [1.165, 1.54) is 39.7 Å². The van der Waals surface area contributed by atoms with Crippen molar-refractivity contribution in [1.82, 2.24) is 40.1 Å². The number of aliphatic hydroxyl groups is 1. The fraction of sp³-hybridized carbons (Fsp3) is 0.424. The summed E-state index contributed by atoms with van der Waals surface area (Å²) in [6.45, 7) is 10.7. The van der Waals surface area contributed by atoms with Gasteiger partial charge >= 0.3 is 0 Å². The van der Waals surface area contributed by atoms with Crippen LogP contribution < -0.4 is 30.3 Å². The monoisotopic (exact) mass is 1300 g/mol. The summed E-state index contributed by atoms with van der Waals surface area (Å²) in [5, 5.41) is 20.6. The zero-order chi connectivity index (χ0) is 64.3. The van der Waals surface area contributed by atoms with E-state index in [1.807, 2.05) is 119 Å². The van der Waals surface area contributed by atoms with Crippen LogP contribution in [0.25, 0.3) is 20.7 Å². The molecule has 5 heterocycles. The maximum absolute atomic E-state index is 15.1. The standard InChI is InChI=1S/C66H77FN10O9S4/c1-41(44-26-28-46(29-27-44)58-42(2)68-40-87-58)69-61(81)52-37-47(78)38-77(52)63(83)59(66(3,4)5)71-56(79)24-11-9-8-10-14-35-90(84,85)74-62(82)57-55(23-17-34-86-53-30-25-43(36-50(53)67)18-16-32-75(6)7)89-65(72-57)76-33-31-45-19-15-20-48(49(45)39-76)60(80)73-64-70-51-21-12-13-22-54(51)88-64/h12-13,15,19-22,25-30,36,40-41,47,52,59,78H,8-11,14,17,23-24,31-35,37-39H2,1-7H3,(H,69,81)(H,71,79)(H,74,82)(H,70,73,80)/t41-,47+,52-,59+/m0/s1. The molecule has 3 aromatic heterocycles. The maximum Gasteiger partial charge on any atom is 0.284 e. The molecule has 0 bridgehead atoms. The van der Waals surface area contributed by atoms with Gasteiger partial charge in [0, 0.05) is 48.5 Å². The number of β-amino-alcohol motifs (C(OH)–C–C–N with tert-alkyl or cyclic N) is 1. The second-order valence-corrected chi connectivity index (χ2v) is 28.9. The van der Waals surface area contributed by atoms with Gasteiger partial charge in [-0.1, -0.05) is 112 Å². The largest absolute Gasteiger partial charge is 0.491 e. The maximum atomic E-state index is 15.1. The Morgan fingerprint density at radius 1 is 0.911 bits per heavy atom. The Morgan fingerprint density at radius 3 is 2.41 bits per heavy atom. The first kappa shape index (κ1) is 66.8.